The van der Waals surface area contributed by atoms with Gasteiger partial charge in [0.25, 0.3) is 0 Å². The Balaban J connectivity index is 2.65. The molecule has 0 fully saturated rings. The van der Waals surface area contributed by atoms with E-state index in [1.165, 1.54) is 7.11 Å². The molecule has 1 aliphatic rings. The number of halogens is 1. The molecule has 1 unspecified atom stereocenters. The second-order valence-corrected chi connectivity index (χ2v) is 2.96. The number of hydrogen-bond donors (Lipinski definition) is 1. The van der Waals surface area contributed by atoms with Crippen LogP contribution < -0.4 is 0 Å². The van der Waals surface area contributed by atoms with Gasteiger partial charge in [-0.1, -0.05) is 18.2 Å². The lowest BCUT2D eigenvalue weighted by Gasteiger charge is -2.15. The molecule has 2 nitrogen and oxygen atoms in total. The standard InChI is InChI=1S/C9H12ClNO/c1-12-9(11)8-4-2-3-7(5-8)6-10/h2-3,5,8,11H,4,6H2,1H3. The van der Waals surface area contributed by atoms with Crippen molar-refractivity contribution in [3.05, 3.63) is 23.8 Å². The zero-order valence-electron chi connectivity index (χ0n) is 7.01. The van der Waals surface area contributed by atoms with Crippen molar-refractivity contribution in [1.82, 2.24) is 0 Å². The van der Waals surface area contributed by atoms with Crippen LogP contribution in [-0.2, 0) is 4.74 Å². The summed E-state index contributed by atoms with van der Waals surface area (Å²) in [7, 11) is 1.52. The first-order chi connectivity index (χ1) is 5.77. The van der Waals surface area contributed by atoms with E-state index in [1.807, 2.05) is 18.2 Å². The maximum Gasteiger partial charge on any atom is 0.187 e. The molecule has 0 saturated heterocycles. The Morgan fingerprint density at radius 3 is 3.17 bits per heavy atom. The molecular formula is C9H12ClNO. The minimum Gasteiger partial charge on any atom is -0.484 e. The fourth-order valence-corrected chi connectivity index (χ4v) is 1.35. The Labute approximate surface area is 77.4 Å². The molecular weight excluding hydrogens is 174 g/mol. The molecule has 0 spiro atoms. The van der Waals surface area contributed by atoms with Crippen molar-refractivity contribution in [2.75, 3.05) is 13.0 Å². The van der Waals surface area contributed by atoms with E-state index in [2.05, 4.69) is 0 Å². The van der Waals surface area contributed by atoms with Crippen LogP contribution in [0.25, 0.3) is 0 Å². The number of rotatable bonds is 2. The van der Waals surface area contributed by atoms with Gasteiger partial charge in [0, 0.05) is 5.88 Å². The van der Waals surface area contributed by atoms with Crippen LogP contribution in [0.4, 0.5) is 0 Å². The van der Waals surface area contributed by atoms with Gasteiger partial charge in [0.15, 0.2) is 5.90 Å². The quantitative estimate of drug-likeness (QED) is 0.400. The number of nitrogens with one attached hydrogen (secondary N) is 1. The molecule has 1 aliphatic carbocycles. The van der Waals surface area contributed by atoms with Crippen molar-refractivity contribution in [3.63, 3.8) is 0 Å². The molecule has 1 rings (SSSR count). The van der Waals surface area contributed by atoms with Crippen molar-refractivity contribution in [1.29, 1.82) is 5.41 Å². The maximum absolute atomic E-state index is 7.45. The third-order valence-electron chi connectivity index (χ3n) is 1.85. The Hall–Kier alpha value is -0.760. The first-order valence-corrected chi connectivity index (χ1v) is 4.37. The Morgan fingerprint density at radius 1 is 1.83 bits per heavy atom. The maximum atomic E-state index is 7.45. The van der Waals surface area contributed by atoms with E-state index in [0.717, 1.165) is 12.0 Å². The normalized spacial score (nSPS) is 21.8. The average molecular weight is 186 g/mol. The van der Waals surface area contributed by atoms with Crippen LogP contribution in [0, 0.1) is 11.3 Å². The SMILES string of the molecule is COC(=N)C1C=C(CCl)C=CC1. The summed E-state index contributed by atoms with van der Waals surface area (Å²) >= 11 is 5.66. The van der Waals surface area contributed by atoms with Crippen molar-refractivity contribution in [3.8, 4) is 0 Å². The van der Waals surface area contributed by atoms with Gasteiger partial charge in [-0.05, 0) is 12.0 Å². The Kier molecular flexibility index (Phi) is 3.35. The third-order valence-corrected chi connectivity index (χ3v) is 2.16. The van der Waals surface area contributed by atoms with Crippen LogP contribution in [0.2, 0.25) is 0 Å². The minimum absolute atomic E-state index is 0.0775. The predicted molar refractivity (Wildman–Crippen MR) is 50.8 cm³/mol. The van der Waals surface area contributed by atoms with Crippen LogP contribution in [0.5, 0.6) is 0 Å². The van der Waals surface area contributed by atoms with Gasteiger partial charge in [-0.3, -0.25) is 5.41 Å². The first-order valence-electron chi connectivity index (χ1n) is 3.83. The summed E-state index contributed by atoms with van der Waals surface area (Å²) in [5.41, 5.74) is 1.06. The highest BCUT2D eigenvalue weighted by Gasteiger charge is 2.14. The van der Waals surface area contributed by atoms with Crippen molar-refractivity contribution >= 4 is 17.5 Å². The van der Waals surface area contributed by atoms with E-state index in [4.69, 9.17) is 21.7 Å². The highest BCUT2D eigenvalue weighted by Crippen LogP contribution is 2.18. The highest BCUT2D eigenvalue weighted by atomic mass is 35.5. The molecule has 0 saturated carbocycles. The lowest BCUT2D eigenvalue weighted by molar-refractivity contribution is 0.372. The van der Waals surface area contributed by atoms with Crippen molar-refractivity contribution in [2.24, 2.45) is 5.92 Å². The number of hydrogen-bond acceptors (Lipinski definition) is 2. The number of alkyl halides is 1. The van der Waals surface area contributed by atoms with E-state index in [1.54, 1.807) is 0 Å². The lowest BCUT2D eigenvalue weighted by Crippen LogP contribution is -2.14. The summed E-state index contributed by atoms with van der Waals surface area (Å²) in [6.07, 6.45) is 6.84. The molecule has 0 aromatic carbocycles. The van der Waals surface area contributed by atoms with Gasteiger partial charge in [0.05, 0.1) is 13.0 Å². The fraction of sp³-hybridized carbons (Fsp3) is 0.444. The van der Waals surface area contributed by atoms with E-state index >= 15 is 0 Å². The summed E-state index contributed by atoms with van der Waals surface area (Å²) < 4.78 is 4.84. The van der Waals surface area contributed by atoms with Crippen molar-refractivity contribution < 1.29 is 4.74 Å². The van der Waals surface area contributed by atoms with Gasteiger partial charge in [-0.2, -0.15) is 0 Å². The van der Waals surface area contributed by atoms with E-state index in [0.29, 0.717) is 11.8 Å². The van der Waals surface area contributed by atoms with Gasteiger partial charge in [0.1, 0.15) is 0 Å². The molecule has 0 bridgehead atoms. The predicted octanol–water partition coefficient (Wildman–Crippen LogP) is 2.35. The Bertz CT molecular complexity index is 233. The molecule has 3 heteroatoms. The highest BCUT2D eigenvalue weighted by molar-refractivity contribution is 6.19. The lowest BCUT2D eigenvalue weighted by atomic mass is 9.97. The Morgan fingerprint density at radius 2 is 2.58 bits per heavy atom. The molecule has 0 heterocycles. The van der Waals surface area contributed by atoms with Crippen LogP contribution in [0.1, 0.15) is 6.42 Å². The molecule has 1 N–H and O–H groups in total. The third kappa shape index (κ3) is 2.11. The zero-order chi connectivity index (χ0) is 8.97. The summed E-state index contributed by atoms with van der Waals surface area (Å²) in [6, 6.07) is 0. The van der Waals surface area contributed by atoms with Crippen LogP contribution in [0.15, 0.2) is 23.8 Å². The summed E-state index contributed by atoms with van der Waals surface area (Å²) in [5, 5.41) is 7.45. The summed E-state index contributed by atoms with van der Waals surface area (Å²) in [5.74, 6) is 0.889. The largest absolute Gasteiger partial charge is 0.484 e. The zero-order valence-corrected chi connectivity index (χ0v) is 7.77. The van der Waals surface area contributed by atoms with E-state index in [-0.39, 0.29) is 5.92 Å². The van der Waals surface area contributed by atoms with Gasteiger partial charge in [0.2, 0.25) is 0 Å². The molecule has 0 radical (unpaired) electrons. The molecule has 0 aromatic rings. The molecule has 0 amide bonds. The van der Waals surface area contributed by atoms with Crippen molar-refractivity contribution in [2.45, 2.75) is 6.42 Å². The average Bonchev–Trinajstić information content (AvgIpc) is 2.17. The number of methoxy groups -OCH3 is 1. The fourth-order valence-electron chi connectivity index (χ4n) is 1.17. The van der Waals surface area contributed by atoms with Crippen LogP contribution >= 0.6 is 11.6 Å². The van der Waals surface area contributed by atoms with Gasteiger partial charge in [-0.25, -0.2) is 0 Å². The monoisotopic (exact) mass is 185 g/mol. The van der Waals surface area contributed by atoms with E-state index in [9.17, 15) is 0 Å². The first kappa shape index (κ1) is 9.33. The number of allylic oxidation sites excluding steroid dienone is 3. The molecule has 0 aromatic heterocycles. The molecule has 66 valence electrons. The smallest absolute Gasteiger partial charge is 0.187 e. The minimum atomic E-state index is 0.0775. The van der Waals surface area contributed by atoms with Crippen LogP contribution in [0.3, 0.4) is 0 Å². The van der Waals surface area contributed by atoms with Gasteiger partial charge < -0.3 is 4.74 Å². The van der Waals surface area contributed by atoms with E-state index < -0.39 is 0 Å². The molecule has 12 heavy (non-hydrogen) atoms. The van der Waals surface area contributed by atoms with Gasteiger partial charge in [-0.15, -0.1) is 11.6 Å². The second-order valence-electron chi connectivity index (χ2n) is 2.69. The summed E-state index contributed by atoms with van der Waals surface area (Å²) in [6.45, 7) is 0. The van der Waals surface area contributed by atoms with Crippen LogP contribution in [-0.4, -0.2) is 18.9 Å². The number of ether oxygens (including phenoxy) is 1. The van der Waals surface area contributed by atoms with Gasteiger partial charge >= 0.3 is 0 Å². The summed E-state index contributed by atoms with van der Waals surface area (Å²) in [4.78, 5) is 0. The second kappa shape index (κ2) is 4.31. The molecule has 0 aliphatic heterocycles. The topological polar surface area (TPSA) is 33.1 Å². The molecule has 1 atom stereocenters.